The minimum Gasteiger partial charge on any atom is -0.507 e. The van der Waals surface area contributed by atoms with Gasteiger partial charge in [-0.15, -0.1) is 0 Å². The van der Waals surface area contributed by atoms with Gasteiger partial charge >= 0.3 is 0 Å². The Labute approximate surface area is 167 Å². The molecule has 2 amide bonds. The maximum atomic E-state index is 14.7. The molecule has 29 heavy (non-hydrogen) atoms. The molecule has 0 fully saturated rings. The number of nitrogens with one attached hydrogen (secondary N) is 3. The first-order chi connectivity index (χ1) is 13.8. The lowest BCUT2D eigenvalue weighted by atomic mass is 10.1. The van der Waals surface area contributed by atoms with Crippen LogP contribution in [0.4, 0.5) is 15.9 Å². The highest BCUT2D eigenvalue weighted by atomic mass is 35.5. The number of nitrogens with zero attached hydrogens (tertiary/aromatic N) is 2. The molecule has 0 atom stereocenters. The van der Waals surface area contributed by atoms with Crippen LogP contribution >= 0.6 is 11.6 Å². The summed E-state index contributed by atoms with van der Waals surface area (Å²) in [4.78, 5) is 28.0. The number of ether oxygens (including phenoxy) is 1. The molecule has 0 spiro atoms. The number of hydrogen-bond donors (Lipinski definition) is 4. The number of carbonyl (C=O) groups excluding carboxylic acids is 2. The van der Waals surface area contributed by atoms with E-state index in [1.54, 1.807) is 6.92 Å². The fraction of sp³-hybridized carbons (Fsp3) is 0.111. The lowest BCUT2D eigenvalue weighted by Crippen LogP contribution is -2.26. The number of hydrogen-bond acceptors (Lipinski definition) is 6. The van der Waals surface area contributed by atoms with Gasteiger partial charge in [0.05, 0.1) is 17.0 Å². The van der Waals surface area contributed by atoms with Crippen LogP contribution in [0.3, 0.4) is 0 Å². The standard InChI is InChI=1S/C18H13ClFN5O4/c1-7-15(16(19)25-24-7)23-18(28)9-4-10(20)8(5-12(9)26)11-2-3-13-17(21-11)22-14(27)6-29-13/h2-5,26H,6H2,1H3,(H,23,28)(H,24,25)(H,21,22,27). The number of aryl methyl sites for hydroxylation is 1. The average Bonchev–Trinajstić information content (AvgIpc) is 3.00. The molecule has 0 saturated carbocycles. The zero-order chi connectivity index (χ0) is 20.7. The Morgan fingerprint density at radius 2 is 2.17 bits per heavy atom. The number of phenols is 1. The van der Waals surface area contributed by atoms with Crippen LogP contribution in [0.5, 0.6) is 11.5 Å². The first-order valence-corrected chi connectivity index (χ1v) is 8.69. The molecule has 11 heteroatoms. The largest absolute Gasteiger partial charge is 0.507 e. The Morgan fingerprint density at radius 3 is 2.90 bits per heavy atom. The van der Waals surface area contributed by atoms with Crippen LogP contribution in [-0.2, 0) is 4.79 Å². The van der Waals surface area contributed by atoms with E-state index in [2.05, 4.69) is 25.8 Å². The van der Waals surface area contributed by atoms with Gasteiger partial charge in [0, 0.05) is 5.56 Å². The molecule has 1 aromatic carbocycles. The van der Waals surface area contributed by atoms with Gasteiger partial charge in [0.15, 0.2) is 18.2 Å². The molecular formula is C18H13ClFN5O4. The normalized spacial score (nSPS) is 12.7. The number of pyridine rings is 1. The third-order valence-electron chi connectivity index (χ3n) is 4.22. The smallest absolute Gasteiger partial charge is 0.263 e. The van der Waals surface area contributed by atoms with Gasteiger partial charge in [-0.05, 0) is 31.2 Å². The molecule has 148 valence electrons. The number of aromatic hydroxyl groups is 1. The Morgan fingerprint density at radius 1 is 1.38 bits per heavy atom. The number of amides is 2. The van der Waals surface area contributed by atoms with E-state index in [1.807, 2.05) is 0 Å². The molecule has 4 rings (SSSR count). The summed E-state index contributed by atoms with van der Waals surface area (Å²) in [5.74, 6) is -1.91. The van der Waals surface area contributed by atoms with Crippen molar-refractivity contribution < 1.29 is 23.8 Å². The van der Waals surface area contributed by atoms with E-state index in [1.165, 1.54) is 12.1 Å². The van der Waals surface area contributed by atoms with Crippen LogP contribution in [0.15, 0.2) is 24.3 Å². The van der Waals surface area contributed by atoms with Crippen LogP contribution < -0.4 is 15.4 Å². The highest BCUT2D eigenvalue weighted by molar-refractivity contribution is 6.33. The molecule has 2 aromatic heterocycles. The third-order valence-corrected chi connectivity index (χ3v) is 4.50. The van der Waals surface area contributed by atoms with Crippen LogP contribution in [0.25, 0.3) is 11.3 Å². The number of benzene rings is 1. The molecule has 9 nitrogen and oxygen atoms in total. The van der Waals surface area contributed by atoms with E-state index in [-0.39, 0.29) is 46.0 Å². The molecule has 0 bridgehead atoms. The van der Waals surface area contributed by atoms with E-state index < -0.39 is 17.5 Å². The Hall–Kier alpha value is -3.66. The number of rotatable bonds is 3. The first kappa shape index (κ1) is 18.7. The van der Waals surface area contributed by atoms with Crippen molar-refractivity contribution in [2.24, 2.45) is 0 Å². The van der Waals surface area contributed by atoms with Crippen molar-refractivity contribution in [3.8, 4) is 22.8 Å². The molecule has 0 saturated heterocycles. The van der Waals surface area contributed by atoms with Crippen LogP contribution in [0.1, 0.15) is 16.1 Å². The van der Waals surface area contributed by atoms with Gasteiger partial charge in [-0.2, -0.15) is 5.10 Å². The Bertz CT molecular complexity index is 1140. The van der Waals surface area contributed by atoms with E-state index in [0.717, 1.165) is 12.1 Å². The molecule has 0 unspecified atom stereocenters. The van der Waals surface area contributed by atoms with Crippen molar-refractivity contribution in [1.29, 1.82) is 0 Å². The number of fused-ring (bicyclic) bond motifs is 1. The van der Waals surface area contributed by atoms with Crippen molar-refractivity contribution in [1.82, 2.24) is 15.2 Å². The fourth-order valence-corrected chi connectivity index (χ4v) is 3.01. The van der Waals surface area contributed by atoms with Gasteiger partial charge in [0.2, 0.25) is 0 Å². The average molecular weight is 418 g/mol. The summed E-state index contributed by atoms with van der Waals surface area (Å²) in [6, 6.07) is 4.97. The van der Waals surface area contributed by atoms with E-state index in [4.69, 9.17) is 16.3 Å². The number of carbonyl (C=O) groups is 2. The van der Waals surface area contributed by atoms with E-state index in [9.17, 15) is 19.1 Å². The number of H-pyrrole nitrogens is 1. The van der Waals surface area contributed by atoms with Gasteiger partial charge in [0.25, 0.3) is 11.8 Å². The summed E-state index contributed by atoms with van der Waals surface area (Å²) in [5.41, 5.74) is 0.454. The van der Waals surface area contributed by atoms with E-state index >= 15 is 0 Å². The maximum absolute atomic E-state index is 14.7. The van der Waals surface area contributed by atoms with Crippen molar-refractivity contribution >= 4 is 34.9 Å². The van der Waals surface area contributed by atoms with Crippen LogP contribution in [-0.4, -0.2) is 38.7 Å². The summed E-state index contributed by atoms with van der Waals surface area (Å²) in [6.07, 6.45) is 0. The van der Waals surface area contributed by atoms with Gasteiger partial charge in [0.1, 0.15) is 22.4 Å². The zero-order valence-electron chi connectivity index (χ0n) is 14.8. The van der Waals surface area contributed by atoms with Crippen molar-refractivity contribution in [2.45, 2.75) is 6.92 Å². The summed E-state index contributed by atoms with van der Waals surface area (Å²) < 4.78 is 19.9. The third kappa shape index (κ3) is 3.45. The minimum absolute atomic E-state index is 0.0563. The maximum Gasteiger partial charge on any atom is 0.263 e. The summed E-state index contributed by atoms with van der Waals surface area (Å²) in [6.45, 7) is 1.49. The quantitative estimate of drug-likeness (QED) is 0.518. The van der Waals surface area contributed by atoms with Gasteiger partial charge in [-0.1, -0.05) is 11.6 Å². The molecule has 3 aromatic rings. The molecule has 1 aliphatic heterocycles. The second kappa shape index (κ2) is 7.06. The summed E-state index contributed by atoms with van der Waals surface area (Å²) in [7, 11) is 0. The minimum atomic E-state index is -0.793. The van der Waals surface area contributed by atoms with Gasteiger partial charge in [-0.25, -0.2) is 9.37 Å². The molecule has 4 N–H and O–H groups in total. The number of halogens is 2. The second-order valence-corrected chi connectivity index (χ2v) is 6.56. The van der Waals surface area contributed by atoms with Crippen LogP contribution in [0.2, 0.25) is 5.15 Å². The first-order valence-electron chi connectivity index (χ1n) is 8.32. The monoisotopic (exact) mass is 417 g/mol. The lowest BCUT2D eigenvalue weighted by molar-refractivity contribution is -0.118. The fourth-order valence-electron chi connectivity index (χ4n) is 2.78. The van der Waals surface area contributed by atoms with Gasteiger partial charge < -0.3 is 20.5 Å². The zero-order valence-corrected chi connectivity index (χ0v) is 15.6. The lowest BCUT2D eigenvalue weighted by Gasteiger charge is -2.17. The predicted molar refractivity (Wildman–Crippen MR) is 102 cm³/mol. The van der Waals surface area contributed by atoms with Crippen molar-refractivity contribution in [3.63, 3.8) is 0 Å². The molecule has 3 heterocycles. The second-order valence-electron chi connectivity index (χ2n) is 6.18. The Balaban J connectivity index is 1.66. The number of anilines is 2. The predicted octanol–water partition coefficient (Wildman–Crippen LogP) is 2.86. The van der Waals surface area contributed by atoms with Crippen molar-refractivity contribution in [3.05, 3.63) is 46.5 Å². The van der Waals surface area contributed by atoms with Crippen LogP contribution in [0, 0.1) is 12.7 Å². The van der Waals surface area contributed by atoms with Gasteiger partial charge in [-0.3, -0.25) is 14.7 Å². The summed E-state index contributed by atoms with van der Waals surface area (Å²) >= 11 is 5.90. The topological polar surface area (TPSA) is 129 Å². The number of phenolic OH excluding ortho intramolecular Hbond substituents is 1. The number of aromatic amines is 1. The summed E-state index contributed by atoms with van der Waals surface area (Å²) in [5, 5.41) is 21.7. The molecule has 0 aliphatic carbocycles. The highest BCUT2D eigenvalue weighted by Gasteiger charge is 2.22. The Kier molecular flexibility index (Phi) is 4.55. The van der Waals surface area contributed by atoms with E-state index in [0.29, 0.717) is 11.4 Å². The SMILES string of the molecule is Cc1n[nH]c(Cl)c1NC(=O)c1cc(F)c(-c2ccc3c(n2)NC(=O)CO3)cc1O. The van der Waals surface area contributed by atoms with Crippen molar-refractivity contribution in [2.75, 3.05) is 17.2 Å². The highest BCUT2D eigenvalue weighted by Crippen LogP contribution is 2.33. The molecule has 1 aliphatic rings. The molecular weight excluding hydrogens is 405 g/mol. The number of aromatic nitrogens is 3. The molecule has 0 radical (unpaired) electrons.